The molecule has 6 heteroatoms. The van der Waals surface area contributed by atoms with Crippen LogP contribution in [0.5, 0.6) is 0 Å². The summed E-state index contributed by atoms with van der Waals surface area (Å²) in [6.45, 7) is 0.210. The Hall–Kier alpha value is -2.73. The van der Waals surface area contributed by atoms with Gasteiger partial charge in [-0.05, 0) is 18.4 Å². The van der Waals surface area contributed by atoms with Gasteiger partial charge >= 0.3 is 0 Å². The fraction of sp³-hybridized carbons (Fsp3) is 0.278. The van der Waals surface area contributed by atoms with Gasteiger partial charge in [0, 0.05) is 17.7 Å². The molecule has 1 aliphatic carbocycles. The fourth-order valence-electron chi connectivity index (χ4n) is 2.76. The molecular formula is C18H19N3O3. The van der Waals surface area contributed by atoms with Gasteiger partial charge in [-0.3, -0.25) is 14.9 Å². The number of nitrogens with zero attached hydrogens (tertiary/aromatic N) is 2. The lowest BCUT2D eigenvalue weighted by atomic mass is 10.1. The van der Waals surface area contributed by atoms with Crippen LogP contribution in [-0.2, 0) is 11.3 Å². The highest BCUT2D eigenvalue weighted by Crippen LogP contribution is 2.32. The molecule has 2 aromatic carbocycles. The van der Waals surface area contributed by atoms with E-state index >= 15 is 0 Å². The van der Waals surface area contributed by atoms with Crippen LogP contribution in [0.25, 0.3) is 0 Å². The van der Waals surface area contributed by atoms with Gasteiger partial charge in [0.05, 0.1) is 11.5 Å². The molecule has 6 nitrogen and oxygen atoms in total. The number of hydrogen-bond acceptors (Lipinski definition) is 4. The molecule has 1 saturated carbocycles. The molecule has 1 amide bonds. The van der Waals surface area contributed by atoms with Crippen molar-refractivity contribution in [3.05, 3.63) is 75.8 Å². The summed E-state index contributed by atoms with van der Waals surface area (Å²) in [6, 6.07) is 15.1. The van der Waals surface area contributed by atoms with Crippen molar-refractivity contribution in [1.29, 1.82) is 0 Å². The predicted octanol–water partition coefficient (Wildman–Crippen LogP) is 2.79. The SMILES string of the molecule is N[C@@H](C(=O)N(Cc1ccccc1[N+](=O)[O-])C1CC1)c1ccccc1. The monoisotopic (exact) mass is 325 g/mol. The normalized spacial score (nSPS) is 14.9. The smallest absolute Gasteiger partial charge is 0.274 e. The maximum atomic E-state index is 12.8. The Balaban J connectivity index is 1.83. The summed E-state index contributed by atoms with van der Waals surface area (Å²) < 4.78 is 0. The minimum Gasteiger partial charge on any atom is -0.333 e. The third-order valence-corrected chi connectivity index (χ3v) is 4.22. The van der Waals surface area contributed by atoms with E-state index in [0.717, 1.165) is 18.4 Å². The molecule has 0 spiro atoms. The lowest BCUT2D eigenvalue weighted by Crippen LogP contribution is -2.39. The Bertz CT molecular complexity index is 744. The molecule has 0 radical (unpaired) electrons. The molecule has 24 heavy (non-hydrogen) atoms. The van der Waals surface area contributed by atoms with Gasteiger partial charge in [0.2, 0.25) is 5.91 Å². The van der Waals surface area contributed by atoms with Crippen molar-refractivity contribution < 1.29 is 9.72 Å². The molecule has 0 heterocycles. The molecule has 1 fully saturated rings. The molecule has 1 aliphatic rings. The summed E-state index contributed by atoms with van der Waals surface area (Å²) in [6.07, 6.45) is 1.82. The van der Waals surface area contributed by atoms with E-state index in [4.69, 9.17) is 5.73 Å². The van der Waals surface area contributed by atoms with Gasteiger partial charge in [0.1, 0.15) is 6.04 Å². The highest BCUT2D eigenvalue weighted by atomic mass is 16.6. The first-order valence-corrected chi connectivity index (χ1v) is 7.91. The number of benzene rings is 2. The number of nitro groups is 1. The van der Waals surface area contributed by atoms with Crippen LogP contribution < -0.4 is 5.73 Å². The second-order valence-corrected chi connectivity index (χ2v) is 5.97. The van der Waals surface area contributed by atoms with E-state index in [1.165, 1.54) is 6.07 Å². The fourth-order valence-corrected chi connectivity index (χ4v) is 2.76. The molecule has 0 saturated heterocycles. The van der Waals surface area contributed by atoms with Crippen LogP contribution in [0.2, 0.25) is 0 Å². The van der Waals surface area contributed by atoms with Crippen LogP contribution in [0.4, 0.5) is 5.69 Å². The first-order chi connectivity index (χ1) is 11.6. The summed E-state index contributed by atoms with van der Waals surface area (Å²) in [5.74, 6) is -0.193. The number of hydrogen-bond donors (Lipinski definition) is 1. The number of amides is 1. The van der Waals surface area contributed by atoms with E-state index in [9.17, 15) is 14.9 Å². The average Bonchev–Trinajstić information content (AvgIpc) is 3.44. The van der Waals surface area contributed by atoms with Crippen LogP contribution in [0.1, 0.15) is 30.0 Å². The van der Waals surface area contributed by atoms with Crippen LogP contribution in [0.3, 0.4) is 0 Å². The molecular weight excluding hydrogens is 306 g/mol. The van der Waals surface area contributed by atoms with Gasteiger partial charge in [-0.2, -0.15) is 0 Å². The Morgan fingerprint density at radius 2 is 1.79 bits per heavy atom. The molecule has 2 aromatic rings. The second kappa shape index (κ2) is 6.80. The molecule has 3 rings (SSSR count). The zero-order valence-electron chi connectivity index (χ0n) is 13.2. The van der Waals surface area contributed by atoms with Crippen LogP contribution in [0, 0.1) is 10.1 Å². The molecule has 0 unspecified atom stereocenters. The molecule has 0 aromatic heterocycles. The van der Waals surface area contributed by atoms with E-state index in [-0.39, 0.29) is 24.2 Å². The second-order valence-electron chi connectivity index (χ2n) is 5.97. The van der Waals surface area contributed by atoms with Crippen LogP contribution >= 0.6 is 0 Å². The Labute approximate surface area is 140 Å². The lowest BCUT2D eigenvalue weighted by Gasteiger charge is -2.26. The van der Waals surface area contributed by atoms with Crippen LogP contribution in [-0.4, -0.2) is 21.8 Å². The van der Waals surface area contributed by atoms with Crippen molar-refractivity contribution in [3.8, 4) is 0 Å². The highest BCUT2D eigenvalue weighted by molar-refractivity contribution is 5.83. The summed E-state index contributed by atoms with van der Waals surface area (Å²) in [5, 5.41) is 11.2. The van der Waals surface area contributed by atoms with Crippen molar-refractivity contribution in [2.24, 2.45) is 5.73 Å². The zero-order chi connectivity index (χ0) is 17.1. The third-order valence-electron chi connectivity index (χ3n) is 4.22. The summed E-state index contributed by atoms with van der Waals surface area (Å²) in [5.41, 5.74) is 7.44. The van der Waals surface area contributed by atoms with Crippen molar-refractivity contribution >= 4 is 11.6 Å². The minimum atomic E-state index is -0.755. The largest absolute Gasteiger partial charge is 0.333 e. The van der Waals surface area contributed by atoms with E-state index in [1.54, 1.807) is 23.1 Å². The van der Waals surface area contributed by atoms with Gasteiger partial charge < -0.3 is 10.6 Å². The van der Waals surface area contributed by atoms with E-state index in [1.807, 2.05) is 30.3 Å². The van der Waals surface area contributed by atoms with Crippen molar-refractivity contribution in [2.45, 2.75) is 31.5 Å². The predicted molar refractivity (Wildman–Crippen MR) is 90.0 cm³/mol. The number of para-hydroxylation sites is 1. The molecule has 0 aliphatic heterocycles. The quantitative estimate of drug-likeness (QED) is 0.653. The Morgan fingerprint density at radius 1 is 1.17 bits per heavy atom. The molecule has 0 bridgehead atoms. The van der Waals surface area contributed by atoms with Crippen LogP contribution in [0.15, 0.2) is 54.6 Å². The van der Waals surface area contributed by atoms with Gasteiger partial charge in [-0.15, -0.1) is 0 Å². The zero-order valence-corrected chi connectivity index (χ0v) is 13.2. The Morgan fingerprint density at radius 3 is 2.42 bits per heavy atom. The van der Waals surface area contributed by atoms with Crippen molar-refractivity contribution in [1.82, 2.24) is 4.90 Å². The minimum absolute atomic E-state index is 0.0317. The standard InChI is InChI=1S/C18H19N3O3/c19-17(13-6-2-1-3-7-13)18(22)20(15-10-11-15)12-14-8-4-5-9-16(14)21(23)24/h1-9,15,17H,10-12,19H2/t17-/m1/s1. The van der Waals surface area contributed by atoms with Gasteiger partial charge in [-0.1, -0.05) is 48.5 Å². The maximum absolute atomic E-state index is 12.8. The topological polar surface area (TPSA) is 89.5 Å². The number of carbonyl (C=O) groups excluding carboxylic acids is 1. The summed E-state index contributed by atoms with van der Waals surface area (Å²) in [4.78, 5) is 25.3. The van der Waals surface area contributed by atoms with E-state index < -0.39 is 11.0 Å². The Kier molecular flexibility index (Phi) is 4.57. The number of rotatable bonds is 6. The van der Waals surface area contributed by atoms with Gasteiger partial charge in [-0.25, -0.2) is 0 Å². The molecule has 124 valence electrons. The van der Waals surface area contributed by atoms with Gasteiger partial charge in [0.25, 0.3) is 5.69 Å². The van der Waals surface area contributed by atoms with E-state index in [2.05, 4.69) is 0 Å². The molecule has 1 atom stereocenters. The average molecular weight is 325 g/mol. The molecule has 2 N–H and O–H groups in total. The van der Waals surface area contributed by atoms with Gasteiger partial charge in [0.15, 0.2) is 0 Å². The first-order valence-electron chi connectivity index (χ1n) is 7.91. The maximum Gasteiger partial charge on any atom is 0.274 e. The number of nitro benzene ring substituents is 1. The lowest BCUT2D eigenvalue weighted by molar-refractivity contribution is -0.385. The van der Waals surface area contributed by atoms with Crippen molar-refractivity contribution in [2.75, 3.05) is 0 Å². The highest BCUT2D eigenvalue weighted by Gasteiger charge is 2.36. The number of nitrogens with two attached hydrogens (primary N) is 1. The van der Waals surface area contributed by atoms with Crippen molar-refractivity contribution in [3.63, 3.8) is 0 Å². The number of carbonyl (C=O) groups is 1. The third kappa shape index (κ3) is 3.44. The summed E-state index contributed by atoms with van der Waals surface area (Å²) >= 11 is 0. The summed E-state index contributed by atoms with van der Waals surface area (Å²) in [7, 11) is 0. The van der Waals surface area contributed by atoms with E-state index in [0.29, 0.717) is 5.56 Å². The first kappa shape index (κ1) is 16.1.